The Morgan fingerprint density at radius 1 is 1.59 bits per heavy atom. The Labute approximate surface area is 102 Å². The zero-order valence-corrected chi connectivity index (χ0v) is 10.2. The van der Waals surface area contributed by atoms with Gasteiger partial charge in [0.2, 0.25) is 0 Å². The molecule has 1 aliphatic carbocycles. The van der Waals surface area contributed by atoms with Crippen LogP contribution in [0.25, 0.3) is 0 Å². The van der Waals surface area contributed by atoms with E-state index in [1.807, 2.05) is 30.1 Å². The third-order valence-electron chi connectivity index (χ3n) is 3.57. The molecule has 1 aromatic heterocycles. The lowest BCUT2D eigenvalue weighted by molar-refractivity contribution is 0.0923. The van der Waals surface area contributed by atoms with E-state index in [1.165, 1.54) is 0 Å². The summed E-state index contributed by atoms with van der Waals surface area (Å²) in [7, 11) is 1.90. The fourth-order valence-corrected chi connectivity index (χ4v) is 2.63. The number of aliphatic hydroxyl groups is 1. The molecule has 0 saturated heterocycles. The lowest BCUT2D eigenvalue weighted by Gasteiger charge is -2.19. The Morgan fingerprint density at radius 3 is 3.06 bits per heavy atom. The quantitative estimate of drug-likeness (QED) is 0.828. The highest BCUT2D eigenvalue weighted by atomic mass is 16.3. The molecule has 0 radical (unpaired) electrons. The molecule has 4 heteroatoms. The van der Waals surface area contributed by atoms with Crippen molar-refractivity contribution in [2.45, 2.75) is 31.7 Å². The number of nitrogens with zero attached hydrogens (tertiary/aromatic N) is 1. The summed E-state index contributed by atoms with van der Waals surface area (Å²) < 4.78 is 1.87. The molecule has 2 N–H and O–H groups in total. The van der Waals surface area contributed by atoms with Crippen molar-refractivity contribution in [1.82, 2.24) is 9.88 Å². The second kappa shape index (κ2) is 5.36. The maximum Gasteiger partial charge on any atom is 0.253 e. The first kappa shape index (κ1) is 12.2. The van der Waals surface area contributed by atoms with Gasteiger partial charge in [-0.2, -0.15) is 0 Å². The summed E-state index contributed by atoms with van der Waals surface area (Å²) in [5, 5.41) is 12.1. The molecular formula is C13H20N2O2. The van der Waals surface area contributed by atoms with E-state index < -0.39 is 0 Å². The molecule has 2 atom stereocenters. The normalized spacial score (nSPS) is 23.9. The van der Waals surface area contributed by atoms with E-state index >= 15 is 0 Å². The first-order valence-corrected chi connectivity index (χ1v) is 6.24. The van der Waals surface area contributed by atoms with Crippen LogP contribution in [0.1, 0.15) is 36.0 Å². The number of rotatable bonds is 4. The maximum atomic E-state index is 12.0. The third-order valence-corrected chi connectivity index (χ3v) is 3.57. The Bertz CT molecular complexity index is 387. The van der Waals surface area contributed by atoms with Crippen molar-refractivity contribution < 1.29 is 9.90 Å². The molecule has 2 unspecified atom stereocenters. The van der Waals surface area contributed by atoms with E-state index in [9.17, 15) is 4.79 Å². The third kappa shape index (κ3) is 2.88. The van der Waals surface area contributed by atoms with Crippen molar-refractivity contribution in [3.05, 3.63) is 24.0 Å². The molecule has 17 heavy (non-hydrogen) atoms. The molecule has 1 aliphatic rings. The van der Waals surface area contributed by atoms with Crippen LogP contribution >= 0.6 is 0 Å². The van der Waals surface area contributed by atoms with Gasteiger partial charge in [0.15, 0.2) is 0 Å². The number of aryl methyl sites for hydroxylation is 1. The second-order valence-electron chi connectivity index (χ2n) is 4.85. The molecule has 1 amide bonds. The van der Waals surface area contributed by atoms with Crippen molar-refractivity contribution in [2.24, 2.45) is 13.0 Å². The van der Waals surface area contributed by atoms with Gasteiger partial charge in [-0.3, -0.25) is 4.79 Å². The predicted octanol–water partition coefficient (Wildman–Crippen LogP) is 1.31. The summed E-state index contributed by atoms with van der Waals surface area (Å²) in [4.78, 5) is 12.0. The Kier molecular flexibility index (Phi) is 3.84. The van der Waals surface area contributed by atoms with Gasteiger partial charge in [0.25, 0.3) is 5.91 Å². The largest absolute Gasteiger partial charge is 0.396 e. The Morgan fingerprint density at radius 2 is 2.41 bits per heavy atom. The fraction of sp³-hybridized carbons (Fsp3) is 0.615. The Balaban J connectivity index is 1.94. The number of amides is 1. The van der Waals surface area contributed by atoms with Gasteiger partial charge < -0.3 is 15.0 Å². The van der Waals surface area contributed by atoms with Crippen LogP contribution in [-0.4, -0.2) is 28.2 Å². The second-order valence-corrected chi connectivity index (χ2v) is 4.85. The van der Waals surface area contributed by atoms with Crippen molar-refractivity contribution in [3.8, 4) is 0 Å². The van der Waals surface area contributed by atoms with Gasteiger partial charge in [-0.1, -0.05) is 6.42 Å². The van der Waals surface area contributed by atoms with E-state index in [0.29, 0.717) is 11.5 Å². The van der Waals surface area contributed by atoms with Gasteiger partial charge >= 0.3 is 0 Å². The number of carbonyl (C=O) groups is 1. The van der Waals surface area contributed by atoms with Crippen LogP contribution in [-0.2, 0) is 7.05 Å². The molecule has 0 aromatic carbocycles. The van der Waals surface area contributed by atoms with E-state index in [4.69, 9.17) is 5.11 Å². The van der Waals surface area contributed by atoms with Gasteiger partial charge in [-0.15, -0.1) is 0 Å². The lowest BCUT2D eigenvalue weighted by Crippen LogP contribution is -2.37. The number of carbonyl (C=O) groups excluding carboxylic acids is 1. The Hall–Kier alpha value is -1.29. The molecular weight excluding hydrogens is 216 g/mol. The molecule has 1 fully saturated rings. The van der Waals surface area contributed by atoms with Crippen LogP contribution < -0.4 is 5.32 Å². The minimum absolute atomic E-state index is 0.000407. The van der Waals surface area contributed by atoms with Crippen molar-refractivity contribution in [1.29, 1.82) is 0 Å². The smallest absolute Gasteiger partial charge is 0.253 e. The monoisotopic (exact) mass is 236 g/mol. The number of aromatic nitrogens is 1. The highest BCUT2D eigenvalue weighted by Gasteiger charge is 2.28. The topological polar surface area (TPSA) is 54.3 Å². The first-order chi connectivity index (χ1) is 8.20. The zero-order valence-electron chi connectivity index (χ0n) is 10.2. The minimum Gasteiger partial charge on any atom is -0.396 e. The average molecular weight is 236 g/mol. The molecule has 0 aliphatic heterocycles. The number of hydrogen-bond acceptors (Lipinski definition) is 2. The summed E-state index contributed by atoms with van der Waals surface area (Å²) in [6.07, 6.45) is 7.77. The maximum absolute atomic E-state index is 12.0. The van der Waals surface area contributed by atoms with Crippen LogP contribution in [0.4, 0.5) is 0 Å². The zero-order chi connectivity index (χ0) is 12.3. The summed E-state index contributed by atoms with van der Waals surface area (Å²) in [6, 6.07) is 2.06. The summed E-state index contributed by atoms with van der Waals surface area (Å²) in [6.45, 7) is 0.211. The average Bonchev–Trinajstić information content (AvgIpc) is 2.89. The fourth-order valence-electron chi connectivity index (χ4n) is 2.63. The molecule has 2 rings (SSSR count). The molecule has 1 aromatic rings. The molecule has 1 heterocycles. The van der Waals surface area contributed by atoms with Crippen LogP contribution in [0.5, 0.6) is 0 Å². The van der Waals surface area contributed by atoms with E-state index in [0.717, 1.165) is 25.7 Å². The van der Waals surface area contributed by atoms with E-state index in [1.54, 1.807) is 0 Å². The van der Waals surface area contributed by atoms with Crippen molar-refractivity contribution in [3.63, 3.8) is 0 Å². The number of aliphatic hydroxyl groups excluding tert-OH is 1. The van der Waals surface area contributed by atoms with Crippen LogP contribution in [0, 0.1) is 5.92 Å². The molecule has 1 saturated carbocycles. The predicted molar refractivity (Wildman–Crippen MR) is 65.7 cm³/mol. The van der Waals surface area contributed by atoms with E-state index in [2.05, 4.69) is 5.32 Å². The highest BCUT2D eigenvalue weighted by molar-refractivity contribution is 5.94. The van der Waals surface area contributed by atoms with Crippen LogP contribution in [0.2, 0.25) is 0 Å². The van der Waals surface area contributed by atoms with Gasteiger partial charge in [-0.05, 0) is 31.2 Å². The van der Waals surface area contributed by atoms with Crippen LogP contribution in [0.15, 0.2) is 18.5 Å². The molecule has 0 spiro atoms. The SMILES string of the molecule is Cn1ccc(C(=O)NC2CCCC2CCO)c1. The van der Waals surface area contributed by atoms with Gasteiger partial charge in [0.1, 0.15) is 0 Å². The van der Waals surface area contributed by atoms with E-state index in [-0.39, 0.29) is 18.6 Å². The standard InChI is InChI=1S/C13H20N2O2/c1-15-7-5-11(9-15)13(17)14-12-4-2-3-10(12)6-8-16/h5,7,9-10,12,16H,2-4,6,8H2,1H3,(H,14,17). The molecule has 4 nitrogen and oxygen atoms in total. The summed E-state index contributed by atoms with van der Waals surface area (Å²) in [5.74, 6) is 0.438. The molecule has 94 valence electrons. The molecule has 0 bridgehead atoms. The van der Waals surface area contributed by atoms with Crippen molar-refractivity contribution in [2.75, 3.05) is 6.61 Å². The van der Waals surface area contributed by atoms with Crippen molar-refractivity contribution >= 4 is 5.91 Å². The highest BCUT2D eigenvalue weighted by Crippen LogP contribution is 2.28. The van der Waals surface area contributed by atoms with Crippen LogP contribution in [0.3, 0.4) is 0 Å². The first-order valence-electron chi connectivity index (χ1n) is 6.24. The van der Waals surface area contributed by atoms with Gasteiger partial charge in [-0.25, -0.2) is 0 Å². The summed E-state index contributed by atoms with van der Waals surface area (Å²) in [5.41, 5.74) is 0.710. The van der Waals surface area contributed by atoms with Gasteiger partial charge in [0.05, 0.1) is 5.56 Å². The number of hydrogen-bond donors (Lipinski definition) is 2. The number of nitrogens with one attached hydrogen (secondary N) is 1. The minimum atomic E-state index is 0.000407. The lowest BCUT2D eigenvalue weighted by atomic mass is 10.00. The van der Waals surface area contributed by atoms with Gasteiger partial charge in [0, 0.05) is 32.1 Å². The summed E-state index contributed by atoms with van der Waals surface area (Å²) >= 11 is 0.